The molecule has 6 N–H and O–H groups in total. The van der Waals surface area contributed by atoms with Crippen LogP contribution in [0.25, 0.3) is 11.2 Å². The van der Waals surface area contributed by atoms with Gasteiger partial charge in [0.1, 0.15) is 18.2 Å². The minimum Gasteiger partial charge on any atom is -0.382 e. The summed E-state index contributed by atoms with van der Waals surface area (Å²) in [5, 5.41) is 1.83. The number of nitrogens with two attached hydrogens (primary N) is 1. The molecule has 2 fully saturated rings. The van der Waals surface area contributed by atoms with E-state index in [2.05, 4.69) is 25.1 Å². The lowest BCUT2D eigenvalue weighted by Crippen LogP contribution is -2.48. The maximum atomic E-state index is 12.1. The molecule has 2 aliphatic rings. The van der Waals surface area contributed by atoms with Gasteiger partial charge in [-0.1, -0.05) is 24.1 Å². The summed E-state index contributed by atoms with van der Waals surface area (Å²) in [6.07, 6.45) is 5.51. The van der Waals surface area contributed by atoms with Gasteiger partial charge in [0.15, 0.2) is 11.5 Å². The van der Waals surface area contributed by atoms with E-state index < -0.39 is 36.1 Å². The first-order valence-corrected chi connectivity index (χ1v) is 16.3. The van der Waals surface area contributed by atoms with Gasteiger partial charge < -0.3 is 24.8 Å². The van der Waals surface area contributed by atoms with Crippen LogP contribution in [0.5, 0.6) is 0 Å². The SMILES string of the molecule is C[C@H](Cn1cnc2c(N)ncnc21)OCP(=O)(O)O.Cc1ccc(S(=O)(=O)NC(=O)NN2CC3CCCC3C2)cc1. The molecule has 2 amide bonds. The average Bonchev–Trinajstić information content (AvgIpc) is 3.59. The number of sulfonamides is 1. The number of hydrazine groups is 1. The normalized spacial score (nSPS) is 19.8. The molecule has 3 heterocycles. The highest BCUT2D eigenvalue weighted by molar-refractivity contribution is 7.90. The smallest absolute Gasteiger partial charge is 0.350 e. The van der Waals surface area contributed by atoms with Crippen LogP contribution in [0.15, 0.2) is 41.8 Å². The van der Waals surface area contributed by atoms with E-state index in [9.17, 15) is 17.8 Å². The fraction of sp³-hybridized carbons (Fsp3) is 0.500. The number of nitrogens with zero attached hydrogens (tertiary/aromatic N) is 5. The van der Waals surface area contributed by atoms with Crippen LogP contribution in [0.2, 0.25) is 0 Å². The fourth-order valence-electron chi connectivity index (χ4n) is 4.98. The summed E-state index contributed by atoms with van der Waals surface area (Å²) >= 11 is 0. The number of aromatic nitrogens is 4. The molecule has 3 atom stereocenters. The van der Waals surface area contributed by atoms with Gasteiger partial charge in [0.05, 0.1) is 23.9 Å². The molecule has 1 aliphatic carbocycles. The Hall–Kier alpha value is -3.14. The number of imidazole rings is 1. The van der Waals surface area contributed by atoms with Gasteiger partial charge in [-0.2, -0.15) is 0 Å². The molecule has 2 unspecified atom stereocenters. The number of ether oxygens (including phenoxy) is 1. The van der Waals surface area contributed by atoms with Crippen molar-refractivity contribution in [2.45, 2.75) is 50.7 Å². The lowest BCUT2D eigenvalue weighted by atomic mass is 10.0. The highest BCUT2D eigenvalue weighted by Gasteiger charge is 2.37. The van der Waals surface area contributed by atoms with Crippen LogP contribution < -0.4 is 15.9 Å². The maximum absolute atomic E-state index is 12.1. The van der Waals surface area contributed by atoms with E-state index in [4.69, 9.17) is 20.3 Å². The predicted octanol–water partition coefficient (Wildman–Crippen LogP) is 1.58. The first kappa shape index (κ1) is 30.8. The topological polar surface area (TPSA) is 215 Å². The molecule has 224 valence electrons. The summed E-state index contributed by atoms with van der Waals surface area (Å²) < 4.78 is 43.8. The number of amides is 2. The van der Waals surface area contributed by atoms with Crippen LogP contribution in [-0.2, 0) is 25.9 Å². The summed E-state index contributed by atoms with van der Waals surface area (Å²) in [6.45, 7) is 5.55. The van der Waals surface area contributed by atoms with Crippen molar-refractivity contribution in [3.63, 3.8) is 0 Å². The van der Waals surface area contributed by atoms with Crippen molar-refractivity contribution in [3.8, 4) is 0 Å². The number of nitrogens with one attached hydrogen (secondary N) is 2. The Morgan fingerprint density at radius 2 is 1.83 bits per heavy atom. The van der Waals surface area contributed by atoms with E-state index in [1.807, 2.05) is 11.9 Å². The zero-order valence-corrected chi connectivity index (χ0v) is 24.5. The summed E-state index contributed by atoms with van der Waals surface area (Å²) in [4.78, 5) is 41.5. The van der Waals surface area contributed by atoms with Crippen LogP contribution >= 0.6 is 7.60 Å². The van der Waals surface area contributed by atoms with E-state index in [1.165, 1.54) is 44.0 Å². The van der Waals surface area contributed by atoms with Gasteiger partial charge in [-0.25, -0.2) is 37.9 Å². The van der Waals surface area contributed by atoms with Crippen LogP contribution in [0.4, 0.5) is 10.6 Å². The highest BCUT2D eigenvalue weighted by Crippen LogP contribution is 2.37. The molecule has 1 aromatic carbocycles. The number of benzene rings is 1. The quantitative estimate of drug-likeness (QED) is 0.230. The number of hydrogen-bond acceptors (Lipinski definition) is 10. The van der Waals surface area contributed by atoms with Gasteiger partial charge in [-0.05, 0) is 50.7 Å². The fourth-order valence-corrected chi connectivity index (χ4v) is 6.33. The monoisotopic (exact) mass is 610 g/mol. The molecular weight excluding hydrogens is 575 g/mol. The highest BCUT2D eigenvalue weighted by atomic mass is 32.2. The van der Waals surface area contributed by atoms with Crippen molar-refractivity contribution in [3.05, 3.63) is 42.5 Å². The predicted molar refractivity (Wildman–Crippen MR) is 150 cm³/mol. The molecule has 17 heteroatoms. The van der Waals surface area contributed by atoms with Crippen molar-refractivity contribution < 1.29 is 32.3 Å². The Kier molecular flexibility index (Phi) is 9.62. The molecule has 41 heavy (non-hydrogen) atoms. The lowest BCUT2D eigenvalue weighted by Gasteiger charge is -2.18. The number of hydrogen-bond donors (Lipinski definition) is 5. The van der Waals surface area contributed by atoms with Gasteiger partial charge in [-0.15, -0.1) is 0 Å². The third kappa shape index (κ3) is 8.44. The molecule has 0 radical (unpaired) electrons. The number of aryl methyl sites for hydroxylation is 1. The van der Waals surface area contributed by atoms with Crippen LogP contribution in [0.1, 0.15) is 31.7 Å². The largest absolute Gasteiger partial charge is 0.382 e. The summed E-state index contributed by atoms with van der Waals surface area (Å²) in [7, 11) is -7.98. The molecule has 5 rings (SSSR count). The van der Waals surface area contributed by atoms with Crippen LogP contribution in [0.3, 0.4) is 0 Å². The number of fused-ring (bicyclic) bond motifs is 2. The third-order valence-corrected chi connectivity index (χ3v) is 8.79. The van der Waals surface area contributed by atoms with Crippen LogP contribution in [-0.4, -0.2) is 74.3 Å². The molecule has 1 saturated heterocycles. The standard InChI is InChI=1S/C15H21N3O3S.C9H14N5O4P/c1-11-5-7-14(8-6-11)22(20,21)17-15(19)16-18-9-12-3-2-4-13(12)10-18;1-6(18-5-19(15,16)17)2-14-4-13-7-8(10)11-3-12-9(7)14/h5-8,12-13H,2-4,9-10H2,1H3,(H2,16,17,19);3-4,6H,2,5H2,1H3,(H2,10,11,12)(H2,15,16,17)/t;6-/m.1/s1. The Morgan fingerprint density at radius 1 is 1.17 bits per heavy atom. The maximum Gasteiger partial charge on any atom is 0.350 e. The Bertz CT molecular complexity index is 1500. The van der Waals surface area contributed by atoms with Crippen molar-refractivity contribution >= 4 is 40.6 Å². The number of anilines is 1. The Labute approximate surface area is 237 Å². The van der Waals surface area contributed by atoms with Gasteiger partial charge >= 0.3 is 13.6 Å². The molecule has 3 aromatic rings. The van der Waals surface area contributed by atoms with E-state index >= 15 is 0 Å². The second-order valence-corrected chi connectivity index (χ2v) is 13.6. The number of carbonyl (C=O) groups is 1. The first-order chi connectivity index (χ1) is 19.3. The van der Waals surface area contributed by atoms with Gasteiger partial charge in [0, 0.05) is 13.1 Å². The molecule has 1 saturated carbocycles. The second kappa shape index (κ2) is 12.8. The van der Waals surface area contributed by atoms with Crippen molar-refractivity contribution in [1.29, 1.82) is 0 Å². The van der Waals surface area contributed by atoms with Crippen molar-refractivity contribution in [1.82, 2.24) is 34.7 Å². The van der Waals surface area contributed by atoms with E-state index in [0.29, 0.717) is 29.5 Å². The number of urea groups is 1. The minimum atomic E-state index is -4.16. The van der Waals surface area contributed by atoms with Gasteiger partial charge in [-0.3, -0.25) is 9.99 Å². The number of rotatable bonds is 8. The Balaban J connectivity index is 0.000000191. The van der Waals surface area contributed by atoms with E-state index in [-0.39, 0.29) is 10.7 Å². The minimum absolute atomic E-state index is 0.0894. The average molecular weight is 611 g/mol. The summed E-state index contributed by atoms with van der Waals surface area (Å²) in [5.41, 5.74) is 10.3. The van der Waals surface area contributed by atoms with E-state index in [0.717, 1.165) is 18.7 Å². The molecule has 0 bridgehead atoms. The van der Waals surface area contributed by atoms with Crippen LogP contribution in [0, 0.1) is 18.8 Å². The van der Waals surface area contributed by atoms with Crippen molar-refractivity contribution in [2.24, 2.45) is 11.8 Å². The van der Waals surface area contributed by atoms with Crippen molar-refractivity contribution in [2.75, 3.05) is 25.2 Å². The van der Waals surface area contributed by atoms with E-state index in [1.54, 1.807) is 23.6 Å². The molecule has 0 spiro atoms. The summed E-state index contributed by atoms with van der Waals surface area (Å²) in [5.74, 6) is 1.55. The number of carbonyl (C=O) groups excluding carboxylic acids is 1. The second-order valence-electron chi connectivity index (χ2n) is 10.3. The first-order valence-electron chi connectivity index (χ1n) is 13.0. The summed E-state index contributed by atoms with van der Waals surface area (Å²) in [6, 6.07) is 5.69. The zero-order valence-electron chi connectivity index (χ0n) is 22.8. The molecule has 15 nitrogen and oxygen atoms in total. The molecule has 2 aromatic heterocycles. The third-order valence-electron chi connectivity index (χ3n) is 6.95. The molecule has 1 aliphatic heterocycles. The molecular formula is C24H35N8O7PS. The zero-order chi connectivity index (χ0) is 29.8. The number of nitrogen functional groups attached to an aromatic ring is 1. The Morgan fingerprint density at radius 3 is 2.46 bits per heavy atom. The van der Waals surface area contributed by atoms with Gasteiger partial charge in [0.25, 0.3) is 10.0 Å². The van der Waals surface area contributed by atoms with Gasteiger partial charge in [0.2, 0.25) is 0 Å². The lowest BCUT2D eigenvalue weighted by molar-refractivity contribution is 0.0764.